The van der Waals surface area contributed by atoms with Gasteiger partial charge in [-0.05, 0) is 23.9 Å². The third kappa shape index (κ3) is 4.62. The molecule has 134 valence electrons. The molecule has 0 saturated carbocycles. The lowest BCUT2D eigenvalue weighted by molar-refractivity contribution is 0.0953. The fraction of sp³-hybridized carbons (Fsp3) is 0.211. The lowest BCUT2D eigenvalue weighted by Gasteiger charge is -2.08. The molecule has 0 aliphatic rings. The van der Waals surface area contributed by atoms with Gasteiger partial charge in [-0.2, -0.15) is 0 Å². The number of carbonyl (C=O) groups is 1. The van der Waals surface area contributed by atoms with Crippen molar-refractivity contribution >= 4 is 29.0 Å². The molecule has 0 atom stereocenters. The lowest BCUT2D eigenvalue weighted by atomic mass is 10.2. The van der Waals surface area contributed by atoms with Crippen LogP contribution in [-0.4, -0.2) is 20.7 Å². The van der Waals surface area contributed by atoms with Gasteiger partial charge in [-0.1, -0.05) is 53.7 Å². The zero-order valence-electron chi connectivity index (χ0n) is 14.5. The molecule has 0 aliphatic carbocycles. The van der Waals surface area contributed by atoms with Crippen LogP contribution >= 0.6 is 23.1 Å². The minimum absolute atomic E-state index is 0.0953. The molecule has 0 fully saturated rings. The second-order valence-electron chi connectivity index (χ2n) is 5.74. The molecule has 0 radical (unpaired) electrons. The van der Waals surface area contributed by atoms with Crippen LogP contribution in [0.3, 0.4) is 0 Å². The van der Waals surface area contributed by atoms with Crippen molar-refractivity contribution in [1.29, 1.82) is 0 Å². The number of aromatic nitrogens is 3. The summed E-state index contributed by atoms with van der Waals surface area (Å²) < 4.78 is 1.99. The van der Waals surface area contributed by atoms with Gasteiger partial charge in [0.1, 0.15) is 0 Å². The maximum atomic E-state index is 12.1. The number of thiophene rings is 1. The molecule has 2 heterocycles. The van der Waals surface area contributed by atoms with Gasteiger partial charge in [0.25, 0.3) is 5.91 Å². The highest BCUT2D eigenvalue weighted by Crippen LogP contribution is 2.22. The van der Waals surface area contributed by atoms with Gasteiger partial charge in [-0.15, -0.1) is 28.1 Å². The highest BCUT2D eigenvalue weighted by atomic mass is 32.2. The highest BCUT2D eigenvalue weighted by molar-refractivity contribution is 7.98. The van der Waals surface area contributed by atoms with E-state index in [2.05, 4.69) is 53.3 Å². The van der Waals surface area contributed by atoms with Crippen LogP contribution in [0.15, 0.2) is 59.6 Å². The number of nitrogens with zero attached hydrogens (tertiary/aromatic N) is 3. The minimum atomic E-state index is -0.0953. The standard InChI is InChI=1S/C19H20N4OS2/c1-3-9-23-17(12-20-18(24)16-8-5-10-25-16)21-22-19(23)26-13-15-7-4-6-14(2)11-15/h3-8,10-11H,1,9,12-13H2,2H3,(H,20,24). The van der Waals surface area contributed by atoms with E-state index < -0.39 is 0 Å². The van der Waals surface area contributed by atoms with Gasteiger partial charge in [-0.25, -0.2) is 0 Å². The Morgan fingerprint density at radius 1 is 1.35 bits per heavy atom. The summed E-state index contributed by atoms with van der Waals surface area (Å²) in [5.74, 6) is 1.45. The number of aryl methyl sites for hydroxylation is 1. The molecule has 0 aliphatic heterocycles. The molecule has 0 bridgehead atoms. The molecule has 2 aromatic heterocycles. The van der Waals surface area contributed by atoms with Crippen molar-refractivity contribution < 1.29 is 4.79 Å². The van der Waals surface area contributed by atoms with Crippen LogP contribution in [0.5, 0.6) is 0 Å². The summed E-state index contributed by atoms with van der Waals surface area (Å²) in [5.41, 5.74) is 2.49. The summed E-state index contributed by atoms with van der Waals surface area (Å²) in [7, 11) is 0. The zero-order chi connectivity index (χ0) is 18.4. The molecule has 1 amide bonds. The first-order valence-electron chi connectivity index (χ1n) is 8.20. The average Bonchev–Trinajstić information content (AvgIpc) is 3.29. The quantitative estimate of drug-likeness (QED) is 0.470. The van der Waals surface area contributed by atoms with Crippen LogP contribution in [0.25, 0.3) is 0 Å². The Morgan fingerprint density at radius 3 is 2.96 bits per heavy atom. The Bertz CT molecular complexity index is 887. The normalized spacial score (nSPS) is 10.7. The third-order valence-electron chi connectivity index (χ3n) is 3.71. The van der Waals surface area contributed by atoms with Gasteiger partial charge >= 0.3 is 0 Å². The number of carbonyl (C=O) groups excluding carboxylic acids is 1. The molecule has 7 heteroatoms. The molecular formula is C19H20N4OS2. The van der Waals surface area contributed by atoms with Crippen molar-refractivity contribution in [2.24, 2.45) is 0 Å². The monoisotopic (exact) mass is 384 g/mol. The van der Waals surface area contributed by atoms with E-state index in [1.165, 1.54) is 22.5 Å². The van der Waals surface area contributed by atoms with E-state index in [0.29, 0.717) is 18.0 Å². The molecular weight excluding hydrogens is 364 g/mol. The van der Waals surface area contributed by atoms with Crippen LogP contribution in [0.2, 0.25) is 0 Å². The minimum Gasteiger partial charge on any atom is -0.344 e. The predicted molar refractivity (Wildman–Crippen MR) is 106 cm³/mol. The topological polar surface area (TPSA) is 59.8 Å². The van der Waals surface area contributed by atoms with Crippen LogP contribution in [0, 0.1) is 6.92 Å². The predicted octanol–water partition coefficient (Wildman–Crippen LogP) is 4.06. The van der Waals surface area contributed by atoms with Crippen molar-refractivity contribution in [1.82, 2.24) is 20.1 Å². The summed E-state index contributed by atoms with van der Waals surface area (Å²) in [4.78, 5) is 12.8. The number of hydrogen-bond donors (Lipinski definition) is 1. The van der Waals surface area contributed by atoms with E-state index in [4.69, 9.17) is 0 Å². The van der Waals surface area contributed by atoms with Gasteiger partial charge < -0.3 is 9.88 Å². The number of thioether (sulfide) groups is 1. The maximum absolute atomic E-state index is 12.1. The molecule has 0 unspecified atom stereocenters. The summed E-state index contributed by atoms with van der Waals surface area (Å²) in [6.07, 6.45) is 1.81. The Hall–Kier alpha value is -2.38. The first-order chi connectivity index (χ1) is 12.7. The molecule has 26 heavy (non-hydrogen) atoms. The first-order valence-corrected chi connectivity index (χ1v) is 10.1. The number of amides is 1. The Kier molecular flexibility index (Phi) is 6.25. The average molecular weight is 385 g/mol. The van der Waals surface area contributed by atoms with E-state index >= 15 is 0 Å². The van der Waals surface area contributed by atoms with Crippen molar-refractivity contribution in [3.8, 4) is 0 Å². The van der Waals surface area contributed by atoms with Gasteiger partial charge in [0.2, 0.25) is 0 Å². The fourth-order valence-electron chi connectivity index (χ4n) is 2.47. The number of nitrogens with one attached hydrogen (secondary N) is 1. The third-order valence-corrected chi connectivity index (χ3v) is 5.61. The maximum Gasteiger partial charge on any atom is 0.261 e. The SMILES string of the molecule is C=CCn1c(CNC(=O)c2cccs2)nnc1SCc1cccc(C)c1. The number of rotatable bonds is 8. The Balaban J connectivity index is 1.67. The second-order valence-corrected chi connectivity index (χ2v) is 7.63. The van der Waals surface area contributed by atoms with Crippen LogP contribution < -0.4 is 5.32 Å². The Labute approximate surface area is 161 Å². The lowest BCUT2D eigenvalue weighted by Crippen LogP contribution is -2.24. The molecule has 0 spiro atoms. The summed E-state index contributed by atoms with van der Waals surface area (Å²) in [6, 6.07) is 12.1. The van der Waals surface area contributed by atoms with Crippen LogP contribution in [-0.2, 0) is 18.8 Å². The van der Waals surface area contributed by atoms with Crippen molar-refractivity contribution in [2.75, 3.05) is 0 Å². The first kappa shape index (κ1) is 18.4. The van der Waals surface area contributed by atoms with Crippen LogP contribution in [0.1, 0.15) is 26.6 Å². The summed E-state index contributed by atoms with van der Waals surface area (Å²) in [5, 5.41) is 14.2. The molecule has 3 aromatic rings. The van der Waals surface area contributed by atoms with E-state index in [1.54, 1.807) is 17.8 Å². The summed E-state index contributed by atoms with van der Waals surface area (Å²) in [6.45, 7) is 6.84. The van der Waals surface area contributed by atoms with Gasteiger partial charge in [0, 0.05) is 12.3 Å². The van der Waals surface area contributed by atoms with Gasteiger partial charge in [0.05, 0.1) is 11.4 Å². The largest absolute Gasteiger partial charge is 0.344 e. The molecule has 5 nitrogen and oxygen atoms in total. The van der Waals surface area contributed by atoms with Crippen molar-refractivity contribution in [3.63, 3.8) is 0 Å². The van der Waals surface area contributed by atoms with E-state index in [9.17, 15) is 4.79 Å². The van der Waals surface area contributed by atoms with Crippen molar-refractivity contribution in [2.45, 2.75) is 30.9 Å². The number of benzene rings is 1. The number of allylic oxidation sites excluding steroid dienone is 1. The Morgan fingerprint density at radius 2 is 2.23 bits per heavy atom. The van der Waals surface area contributed by atoms with Crippen molar-refractivity contribution in [3.05, 3.63) is 76.3 Å². The van der Waals surface area contributed by atoms with Gasteiger partial charge in [0.15, 0.2) is 11.0 Å². The van der Waals surface area contributed by atoms with Crippen LogP contribution in [0.4, 0.5) is 0 Å². The van der Waals surface area contributed by atoms with E-state index in [-0.39, 0.29) is 5.91 Å². The zero-order valence-corrected chi connectivity index (χ0v) is 16.1. The van der Waals surface area contributed by atoms with Gasteiger partial charge in [-0.3, -0.25) is 4.79 Å². The summed E-state index contributed by atoms with van der Waals surface area (Å²) >= 11 is 3.05. The molecule has 0 saturated heterocycles. The number of hydrogen-bond acceptors (Lipinski definition) is 5. The second kappa shape index (κ2) is 8.82. The smallest absolute Gasteiger partial charge is 0.261 e. The molecule has 1 N–H and O–H groups in total. The van der Waals surface area contributed by atoms with E-state index in [1.807, 2.05) is 22.1 Å². The fourth-order valence-corrected chi connectivity index (χ4v) is 4.02. The van der Waals surface area contributed by atoms with E-state index in [0.717, 1.165) is 16.7 Å². The highest BCUT2D eigenvalue weighted by Gasteiger charge is 2.14. The molecule has 1 aromatic carbocycles. The molecule has 3 rings (SSSR count).